The average molecular weight is 370 g/mol. The molecular weight excluding hydrogens is 355 g/mol. The number of benzene rings is 2. The number of esters is 1. The van der Waals surface area contributed by atoms with E-state index >= 15 is 0 Å². The maximum absolute atomic E-state index is 12.9. The number of nitrogens with zero attached hydrogens (tertiary/aromatic N) is 2. The molecule has 0 saturated heterocycles. The SMILES string of the molecule is COc1cc(/C=C/C(=O)OCc2nc(-c3ccc(F)cc3)no2)ccc1O. The quantitative estimate of drug-likeness (QED) is 0.525. The van der Waals surface area contributed by atoms with E-state index in [0.717, 1.165) is 0 Å². The molecule has 0 aliphatic carbocycles. The van der Waals surface area contributed by atoms with Gasteiger partial charge in [0, 0.05) is 11.6 Å². The van der Waals surface area contributed by atoms with E-state index < -0.39 is 5.97 Å². The van der Waals surface area contributed by atoms with Gasteiger partial charge in [-0.15, -0.1) is 0 Å². The highest BCUT2D eigenvalue weighted by molar-refractivity contribution is 5.87. The highest BCUT2D eigenvalue weighted by Gasteiger charge is 2.10. The van der Waals surface area contributed by atoms with Gasteiger partial charge in [-0.05, 0) is 48.0 Å². The second-order valence-electron chi connectivity index (χ2n) is 5.39. The summed E-state index contributed by atoms with van der Waals surface area (Å²) < 4.78 is 28.0. The smallest absolute Gasteiger partial charge is 0.331 e. The Morgan fingerprint density at radius 1 is 1.26 bits per heavy atom. The van der Waals surface area contributed by atoms with Crippen molar-refractivity contribution in [3.63, 3.8) is 0 Å². The number of phenolic OH excluding ortho intramolecular Hbond substituents is 1. The van der Waals surface area contributed by atoms with Crippen LogP contribution in [-0.4, -0.2) is 28.3 Å². The second kappa shape index (κ2) is 8.13. The number of methoxy groups -OCH3 is 1. The lowest BCUT2D eigenvalue weighted by molar-refractivity contribution is -0.139. The van der Waals surface area contributed by atoms with Crippen molar-refractivity contribution in [2.45, 2.75) is 6.61 Å². The third kappa shape index (κ3) is 4.69. The predicted molar refractivity (Wildman–Crippen MR) is 93.2 cm³/mol. The molecule has 2 aromatic carbocycles. The van der Waals surface area contributed by atoms with Gasteiger partial charge >= 0.3 is 5.97 Å². The summed E-state index contributed by atoms with van der Waals surface area (Å²) >= 11 is 0. The van der Waals surface area contributed by atoms with Crippen LogP contribution < -0.4 is 4.74 Å². The van der Waals surface area contributed by atoms with Crippen molar-refractivity contribution in [3.8, 4) is 22.9 Å². The Labute approximate surface area is 153 Å². The summed E-state index contributed by atoms with van der Waals surface area (Å²) in [5, 5.41) is 13.3. The van der Waals surface area contributed by atoms with E-state index in [2.05, 4.69) is 10.1 Å². The van der Waals surface area contributed by atoms with Crippen LogP contribution in [0.2, 0.25) is 0 Å². The van der Waals surface area contributed by atoms with Gasteiger partial charge in [-0.1, -0.05) is 11.2 Å². The van der Waals surface area contributed by atoms with E-state index in [0.29, 0.717) is 16.9 Å². The minimum atomic E-state index is -0.608. The first kappa shape index (κ1) is 18.1. The number of hydrogen-bond acceptors (Lipinski definition) is 7. The first-order chi connectivity index (χ1) is 13.0. The molecule has 0 spiro atoms. The minimum Gasteiger partial charge on any atom is -0.504 e. The fourth-order valence-corrected chi connectivity index (χ4v) is 2.17. The van der Waals surface area contributed by atoms with Crippen molar-refractivity contribution < 1.29 is 28.3 Å². The molecule has 0 amide bonds. The minimum absolute atomic E-state index is 0.00517. The third-order valence-electron chi connectivity index (χ3n) is 3.52. The van der Waals surface area contributed by atoms with Crippen LogP contribution in [0.3, 0.4) is 0 Å². The van der Waals surface area contributed by atoms with Crippen LogP contribution in [0.15, 0.2) is 53.1 Å². The van der Waals surface area contributed by atoms with Gasteiger partial charge < -0.3 is 19.1 Å². The van der Waals surface area contributed by atoms with Crippen LogP contribution in [0.5, 0.6) is 11.5 Å². The maximum Gasteiger partial charge on any atom is 0.331 e. The molecule has 7 nitrogen and oxygen atoms in total. The summed E-state index contributed by atoms with van der Waals surface area (Å²) in [5.74, 6) is -0.288. The molecule has 0 aliphatic rings. The molecule has 3 rings (SSSR count). The second-order valence-corrected chi connectivity index (χ2v) is 5.39. The van der Waals surface area contributed by atoms with Crippen LogP contribution >= 0.6 is 0 Å². The summed E-state index contributed by atoms with van der Waals surface area (Å²) in [7, 11) is 1.43. The van der Waals surface area contributed by atoms with Gasteiger partial charge in [0.2, 0.25) is 5.82 Å². The molecule has 0 fully saturated rings. The standard InChI is InChI=1S/C19H15FN2O5/c1-25-16-10-12(2-8-15(16)23)3-9-18(24)26-11-17-21-19(22-27-17)13-4-6-14(20)7-5-13/h2-10,23H,11H2,1H3/b9-3+. The molecule has 8 heteroatoms. The molecular formula is C19H15FN2O5. The molecule has 1 heterocycles. The number of phenols is 1. The van der Waals surface area contributed by atoms with Crippen molar-refractivity contribution in [3.05, 3.63) is 65.8 Å². The van der Waals surface area contributed by atoms with Crippen LogP contribution in [0.4, 0.5) is 4.39 Å². The van der Waals surface area contributed by atoms with Gasteiger partial charge in [0.25, 0.3) is 5.89 Å². The number of carbonyl (C=O) groups excluding carboxylic acids is 1. The molecule has 0 radical (unpaired) electrons. The van der Waals surface area contributed by atoms with E-state index in [-0.39, 0.29) is 29.9 Å². The van der Waals surface area contributed by atoms with Crippen LogP contribution in [-0.2, 0) is 16.1 Å². The van der Waals surface area contributed by atoms with Crippen LogP contribution in [0.25, 0.3) is 17.5 Å². The number of rotatable bonds is 6. The highest BCUT2D eigenvalue weighted by atomic mass is 19.1. The van der Waals surface area contributed by atoms with Crippen molar-refractivity contribution in [2.24, 2.45) is 0 Å². The molecule has 3 aromatic rings. The fourth-order valence-electron chi connectivity index (χ4n) is 2.17. The predicted octanol–water partition coefficient (Wildman–Crippen LogP) is 3.35. The number of halogens is 1. The molecule has 0 atom stereocenters. The molecule has 0 bridgehead atoms. The lowest BCUT2D eigenvalue weighted by Crippen LogP contribution is -2.01. The van der Waals surface area contributed by atoms with Gasteiger partial charge in [-0.2, -0.15) is 4.98 Å². The summed E-state index contributed by atoms with van der Waals surface area (Å²) in [4.78, 5) is 15.9. The Morgan fingerprint density at radius 3 is 2.78 bits per heavy atom. The Hall–Kier alpha value is -3.68. The van der Waals surface area contributed by atoms with Gasteiger partial charge in [0.1, 0.15) is 5.82 Å². The van der Waals surface area contributed by atoms with E-state index in [1.165, 1.54) is 49.6 Å². The average Bonchev–Trinajstić information content (AvgIpc) is 3.15. The van der Waals surface area contributed by atoms with Crippen LogP contribution in [0, 0.1) is 5.82 Å². The number of aromatic hydroxyl groups is 1. The maximum atomic E-state index is 12.9. The molecule has 1 aromatic heterocycles. The van der Waals surface area contributed by atoms with Gasteiger partial charge in [0.05, 0.1) is 7.11 Å². The number of carbonyl (C=O) groups is 1. The molecule has 0 aliphatic heterocycles. The lowest BCUT2D eigenvalue weighted by atomic mass is 10.2. The first-order valence-corrected chi connectivity index (χ1v) is 7.85. The fraction of sp³-hybridized carbons (Fsp3) is 0.105. The van der Waals surface area contributed by atoms with Gasteiger partial charge in [-0.25, -0.2) is 9.18 Å². The van der Waals surface area contributed by atoms with E-state index in [1.54, 1.807) is 12.1 Å². The molecule has 1 N–H and O–H groups in total. The lowest BCUT2D eigenvalue weighted by Gasteiger charge is -2.03. The Morgan fingerprint density at radius 2 is 2.04 bits per heavy atom. The molecule has 0 saturated carbocycles. The van der Waals surface area contributed by atoms with E-state index in [4.69, 9.17) is 14.0 Å². The van der Waals surface area contributed by atoms with Crippen molar-refractivity contribution >= 4 is 12.0 Å². The van der Waals surface area contributed by atoms with Gasteiger partial charge in [0.15, 0.2) is 18.1 Å². The number of aromatic nitrogens is 2. The Kier molecular flexibility index (Phi) is 5.46. The largest absolute Gasteiger partial charge is 0.504 e. The zero-order valence-electron chi connectivity index (χ0n) is 14.3. The van der Waals surface area contributed by atoms with E-state index in [9.17, 15) is 14.3 Å². The summed E-state index contributed by atoms with van der Waals surface area (Å²) in [6.45, 7) is -0.198. The molecule has 0 unspecified atom stereocenters. The topological polar surface area (TPSA) is 94.7 Å². The third-order valence-corrected chi connectivity index (χ3v) is 3.52. The Balaban J connectivity index is 1.57. The van der Waals surface area contributed by atoms with E-state index in [1.807, 2.05) is 0 Å². The zero-order chi connectivity index (χ0) is 19.2. The summed E-state index contributed by atoms with van der Waals surface area (Å²) in [6.07, 6.45) is 2.74. The number of ether oxygens (including phenoxy) is 2. The Bertz CT molecular complexity index is 966. The highest BCUT2D eigenvalue weighted by Crippen LogP contribution is 2.26. The first-order valence-electron chi connectivity index (χ1n) is 7.85. The monoisotopic (exact) mass is 370 g/mol. The summed E-state index contributed by atoms with van der Waals surface area (Å²) in [5.41, 5.74) is 1.23. The summed E-state index contributed by atoms with van der Waals surface area (Å²) in [6, 6.07) is 10.3. The van der Waals surface area contributed by atoms with Crippen molar-refractivity contribution in [2.75, 3.05) is 7.11 Å². The normalized spacial score (nSPS) is 10.9. The van der Waals surface area contributed by atoms with Crippen molar-refractivity contribution in [1.82, 2.24) is 10.1 Å². The van der Waals surface area contributed by atoms with Crippen molar-refractivity contribution in [1.29, 1.82) is 0 Å². The number of hydrogen-bond donors (Lipinski definition) is 1. The molecule has 138 valence electrons. The zero-order valence-corrected chi connectivity index (χ0v) is 14.3. The van der Waals surface area contributed by atoms with Crippen LogP contribution in [0.1, 0.15) is 11.5 Å². The molecule has 27 heavy (non-hydrogen) atoms. The van der Waals surface area contributed by atoms with Gasteiger partial charge in [-0.3, -0.25) is 0 Å².